The highest BCUT2D eigenvalue weighted by Gasteiger charge is 2.52. The summed E-state index contributed by atoms with van der Waals surface area (Å²) in [5.41, 5.74) is 4.49. The van der Waals surface area contributed by atoms with Gasteiger partial charge in [0.05, 0.1) is 6.61 Å². The van der Waals surface area contributed by atoms with Crippen LogP contribution in [0.3, 0.4) is 0 Å². The molecule has 1 atom stereocenters. The van der Waals surface area contributed by atoms with E-state index in [0.29, 0.717) is 12.2 Å². The van der Waals surface area contributed by atoms with Crippen LogP contribution in [0.1, 0.15) is 61.4 Å². The van der Waals surface area contributed by atoms with E-state index >= 15 is 0 Å². The third-order valence-electron chi connectivity index (χ3n) is 8.65. The smallest absolute Gasteiger partial charge is 0.315 e. The number of aldehydes is 1. The van der Waals surface area contributed by atoms with E-state index in [4.69, 9.17) is 14.2 Å². The zero-order valence-corrected chi connectivity index (χ0v) is 20.7. The summed E-state index contributed by atoms with van der Waals surface area (Å²) in [4.78, 5) is 11.1. The van der Waals surface area contributed by atoms with Crippen molar-refractivity contribution in [2.24, 2.45) is 17.8 Å². The fourth-order valence-electron chi connectivity index (χ4n) is 7.55. The van der Waals surface area contributed by atoms with Gasteiger partial charge in [-0.1, -0.05) is 36.4 Å². The molecule has 0 aromatic heterocycles. The number of hydrogen-bond donors (Lipinski definition) is 0. The molecule has 0 heterocycles. The summed E-state index contributed by atoms with van der Waals surface area (Å²) in [5, 5.41) is 2.37. The Morgan fingerprint density at radius 2 is 1.54 bits per heavy atom. The Kier molecular flexibility index (Phi) is 5.90. The molecule has 0 saturated heterocycles. The summed E-state index contributed by atoms with van der Waals surface area (Å²) >= 11 is 0. The van der Waals surface area contributed by atoms with Gasteiger partial charge in [-0.25, -0.2) is 0 Å². The van der Waals surface area contributed by atoms with Crippen LogP contribution in [0.25, 0.3) is 21.9 Å². The summed E-state index contributed by atoms with van der Waals surface area (Å²) in [7, 11) is 1.63. The third kappa shape index (κ3) is 4.17. The molecule has 3 aromatic rings. The minimum absolute atomic E-state index is 0.185. The van der Waals surface area contributed by atoms with Gasteiger partial charge in [0.15, 0.2) is 0 Å². The molecule has 4 aliphatic carbocycles. The average molecular weight is 471 g/mol. The van der Waals surface area contributed by atoms with Gasteiger partial charge in [-0.05, 0) is 109 Å². The summed E-state index contributed by atoms with van der Waals surface area (Å²) in [6.45, 7) is 1.78. The van der Waals surface area contributed by atoms with E-state index in [1.54, 1.807) is 7.11 Å². The predicted molar refractivity (Wildman–Crippen MR) is 138 cm³/mol. The minimum Gasteiger partial charge on any atom is -0.441 e. The van der Waals surface area contributed by atoms with Crippen LogP contribution in [0.5, 0.6) is 5.75 Å². The van der Waals surface area contributed by atoms with Gasteiger partial charge in [-0.15, -0.1) is 0 Å². The van der Waals surface area contributed by atoms with Gasteiger partial charge in [0.1, 0.15) is 12.0 Å². The summed E-state index contributed by atoms with van der Waals surface area (Å²) < 4.78 is 17.6. The lowest BCUT2D eigenvalue weighted by Crippen LogP contribution is -2.48. The van der Waals surface area contributed by atoms with Crippen molar-refractivity contribution in [1.29, 1.82) is 0 Å². The van der Waals surface area contributed by atoms with Crippen LogP contribution in [-0.4, -0.2) is 26.5 Å². The molecule has 182 valence electrons. The van der Waals surface area contributed by atoms with Gasteiger partial charge in [0, 0.05) is 18.2 Å². The number of methoxy groups -OCH3 is 1. The highest BCUT2D eigenvalue weighted by Crippen LogP contribution is 2.62. The number of hydrogen-bond acceptors (Lipinski definition) is 4. The maximum absolute atomic E-state index is 11.1. The van der Waals surface area contributed by atoms with Gasteiger partial charge in [0.25, 0.3) is 0 Å². The zero-order valence-electron chi connectivity index (χ0n) is 20.7. The van der Waals surface area contributed by atoms with Crippen molar-refractivity contribution in [3.8, 4) is 16.9 Å². The van der Waals surface area contributed by atoms with Gasteiger partial charge >= 0.3 is 6.48 Å². The number of carbonyl (C=O) groups is 1. The standard InChI is InChI=1S/C31H34O4/c1-3-34-30(33-2)35-29-15-26-9-8-25(24-6-4-20(19-32)5-7-24)13-27(26)14-28(29)31-16-21-10-22(17-31)12-23(11-21)18-31/h4-9,13-15,19,21-23,30H,3,10-12,16-18H2,1-2H3. The maximum atomic E-state index is 11.1. The largest absolute Gasteiger partial charge is 0.441 e. The van der Waals surface area contributed by atoms with E-state index in [9.17, 15) is 4.79 Å². The molecule has 0 aliphatic heterocycles. The van der Waals surface area contributed by atoms with E-state index in [-0.39, 0.29) is 5.41 Å². The summed E-state index contributed by atoms with van der Waals surface area (Å²) in [5.74, 6) is 3.44. The Bertz CT molecular complexity index is 1190. The van der Waals surface area contributed by atoms with Crippen molar-refractivity contribution in [3.05, 3.63) is 65.7 Å². The van der Waals surface area contributed by atoms with Crippen LogP contribution in [-0.2, 0) is 14.9 Å². The van der Waals surface area contributed by atoms with Crippen molar-refractivity contribution in [1.82, 2.24) is 0 Å². The molecule has 4 bridgehead atoms. The highest BCUT2D eigenvalue weighted by molar-refractivity contribution is 5.90. The van der Waals surface area contributed by atoms with E-state index < -0.39 is 6.48 Å². The first-order valence-electron chi connectivity index (χ1n) is 13.0. The van der Waals surface area contributed by atoms with E-state index in [2.05, 4.69) is 30.3 Å². The molecule has 0 radical (unpaired) electrons. The lowest BCUT2D eigenvalue weighted by molar-refractivity contribution is -0.231. The topological polar surface area (TPSA) is 44.8 Å². The van der Waals surface area contributed by atoms with Crippen molar-refractivity contribution < 1.29 is 19.0 Å². The van der Waals surface area contributed by atoms with E-state index in [1.807, 2.05) is 31.2 Å². The number of rotatable bonds is 8. The molecule has 4 saturated carbocycles. The fourth-order valence-corrected chi connectivity index (χ4v) is 7.55. The summed E-state index contributed by atoms with van der Waals surface area (Å²) in [6, 6.07) is 19.0. The third-order valence-corrected chi connectivity index (χ3v) is 8.65. The van der Waals surface area contributed by atoms with Crippen LogP contribution < -0.4 is 4.74 Å². The van der Waals surface area contributed by atoms with Gasteiger partial charge in [0.2, 0.25) is 0 Å². The predicted octanol–water partition coefficient (Wildman–Crippen LogP) is 7.13. The number of ether oxygens (including phenoxy) is 3. The second kappa shape index (κ2) is 9.07. The first-order chi connectivity index (χ1) is 17.1. The molecule has 1 unspecified atom stereocenters. The van der Waals surface area contributed by atoms with Gasteiger partial charge in [-0.2, -0.15) is 0 Å². The molecule has 0 N–H and O–H groups in total. The molecule has 4 fully saturated rings. The van der Waals surface area contributed by atoms with Crippen LogP contribution in [0.4, 0.5) is 0 Å². The Morgan fingerprint density at radius 1 is 0.886 bits per heavy atom. The number of benzene rings is 3. The Labute approximate surface area is 207 Å². The lowest BCUT2D eigenvalue weighted by atomic mass is 9.48. The average Bonchev–Trinajstić information content (AvgIpc) is 2.87. The minimum atomic E-state index is -0.708. The van der Waals surface area contributed by atoms with Gasteiger partial charge < -0.3 is 14.2 Å². The Hall–Kier alpha value is -2.69. The summed E-state index contributed by atoms with van der Waals surface area (Å²) in [6.07, 6.45) is 8.90. The van der Waals surface area contributed by atoms with Crippen LogP contribution >= 0.6 is 0 Å². The van der Waals surface area contributed by atoms with Crippen molar-refractivity contribution in [3.63, 3.8) is 0 Å². The van der Waals surface area contributed by atoms with Crippen LogP contribution in [0.15, 0.2) is 54.6 Å². The van der Waals surface area contributed by atoms with E-state index in [1.165, 1.54) is 49.5 Å². The highest BCUT2D eigenvalue weighted by atomic mass is 16.8. The molecule has 4 heteroatoms. The monoisotopic (exact) mass is 470 g/mol. The molecular formula is C31H34O4. The molecule has 0 spiro atoms. The fraction of sp³-hybridized carbons (Fsp3) is 0.452. The molecule has 4 nitrogen and oxygen atoms in total. The first kappa shape index (κ1) is 22.8. The Balaban J connectivity index is 1.45. The number of carbonyl (C=O) groups excluding carboxylic acids is 1. The molecule has 35 heavy (non-hydrogen) atoms. The van der Waals surface area contributed by atoms with Gasteiger partial charge in [-0.3, -0.25) is 4.79 Å². The second-order valence-electron chi connectivity index (χ2n) is 10.9. The molecule has 0 amide bonds. The molecule has 3 aromatic carbocycles. The SMILES string of the molecule is CCOC(OC)Oc1cc2ccc(-c3ccc(C=O)cc3)cc2cc1C12CC3CC(CC(C3)C1)C2. The molecule has 7 rings (SSSR count). The lowest BCUT2D eigenvalue weighted by Gasteiger charge is -2.57. The van der Waals surface area contributed by atoms with Crippen molar-refractivity contribution in [2.45, 2.75) is 57.3 Å². The number of fused-ring (bicyclic) bond motifs is 1. The zero-order chi connectivity index (χ0) is 24.0. The first-order valence-corrected chi connectivity index (χ1v) is 13.0. The van der Waals surface area contributed by atoms with E-state index in [0.717, 1.165) is 46.3 Å². The second-order valence-corrected chi connectivity index (χ2v) is 10.9. The van der Waals surface area contributed by atoms with Crippen LogP contribution in [0, 0.1) is 17.8 Å². The maximum Gasteiger partial charge on any atom is 0.315 e. The molecular weight excluding hydrogens is 436 g/mol. The van der Waals surface area contributed by atoms with Crippen molar-refractivity contribution >= 4 is 17.1 Å². The van der Waals surface area contributed by atoms with Crippen LogP contribution in [0.2, 0.25) is 0 Å². The normalized spacial score (nSPS) is 27.8. The van der Waals surface area contributed by atoms with Crippen molar-refractivity contribution in [2.75, 3.05) is 13.7 Å². The quantitative estimate of drug-likeness (QED) is 0.259. The Morgan fingerprint density at radius 3 is 2.14 bits per heavy atom. The molecule has 4 aliphatic rings.